The van der Waals surface area contributed by atoms with Crippen LogP contribution in [0.4, 0.5) is 0 Å². The molecule has 0 aliphatic rings. The van der Waals surface area contributed by atoms with E-state index < -0.39 is 6.10 Å². The summed E-state index contributed by atoms with van der Waals surface area (Å²) in [6, 6.07) is 8.96. The number of benzene rings is 2. The summed E-state index contributed by atoms with van der Waals surface area (Å²) in [4.78, 5) is 0. The quantitative estimate of drug-likeness (QED) is 0.803. The van der Waals surface area contributed by atoms with E-state index >= 15 is 0 Å². The highest BCUT2D eigenvalue weighted by molar-refractivity contribution is 9.10. The Kier molecular flexibility index (Phi) is 4.97. The lowest BCUT2D eigenvalue weighted by Crippen LogP contribution is -2.02. The van der Waals surface area contributed by atoms with Gasteiger partial charge < -0.3 is 9.84 Å². The Morgan fingerprint density at radius 1 is 1.10 bits per heavy atom. The molecule has 1 atom stereocenters. The van der Waals surface area contributed by atoms with E-state index in [2.05, 4.69) is 15.9 Å². The third-order valence-electron chi connectivity index (χ3n) is 2.95. The second kappa shape index (κ2) is 6.35. The number of aliphatic hydroxyl groups is 1. The van der Waals surface area contributed by atoms with E-state index in [1.807, 2.05) is 25.1 Å². The molecule has 20 heavy (non-hydrogen) atoms. The zero-order valence-corrected chi connectivity index (χ0v) is 14.1. The van der Waals surface area contributed by atoms with Crippen LogP contribution < -0.4 is 4.74 Å². The first-order valence-corrected chi connectivity index (χ1v) is 7.45. The number of aryl methyl sites for hydroxylation is 1. The van der Waals surface area contributed by atoms with Crippen LogP contribution in [0.5, 0.6) is 5.75 Å². The number of halogens is 3. The molecule has 1 unspecified atom stereocenters. The van der Waals surface area contributed by atoms with Crippen molar-refractivity contribution in [2.75, 3.05) is 7.11 Å². The van der Waals surface area contributed by atoms with Crippen molar-refractivity contribution in [3.05, 3.63) is 61.5 Å². The summed E-state index contributed by atoms with van der Waals surface area (Å²) in [6.45, 7) is 1.96. The molecule has 5 heteroatoms. The minimum atomic E-state index is -0.845. The molecule has 0 saturated carbocycles. The van der Waals surface area contributed by atoms with Crippen LogP contribution in [0.3, 0.4) is 0 Å². The van der Waals surface area contributed by atoms with Crippen molar-refractivity contribution in [2.45, 2.75) is 13.0 Å². The molecule has 106 valence electrons. The lowest BCUT2D eigenvalue weighted by atomic mass is 10.00. The van der Waals surface area contributed by atoms with Gasteiger partial charge in [0.2, 0.25) is 0 Å². The average Bonchev–Trinajstić information content (AvgIpc) is 2.39. The van der Waals surface area contributed by atoms with Crippen molar-refractivity contribution in [2.24, 2.45) is 0 Å². The third-order valence-corrected chi connectivity index (χ3v) is 4.03. The lowest BCUT2D eigenvalue weighted by molar-refractivity contribution is 0.220. The smallest absolute Gasteiger partial charge is 0.138 e. The number of ether oxygens (including phenoxy) is 1. The highest BCUT2D eigenvalue weighted by Gasteiger charge is 2.17. The first-order valence-electron chi connectivity index (χ1n) is 5.90. The molecule has 0 spiro atoms. The van der Waals surface area contributed by atoms with Crippen LogP contribution in [0, 0.1) is 6.92 Å². The van der Waals surface area contributed by atoms with Gasteiger partial charge in [-0.1, -0.05) is 45.2 Å². The van der Waals surface area contributed by atoms with E-state index in [4.69, 9.17) is 27.9 Å². The number of methoxy groups -OCH3 is 1. The third kappa shape index (κ3) is 3.29. The Bertz CT molecular complexity index is 624. The first-order chi connectivity index (χ1) is 9.42. The van der Waals surface area contributed by atoms with Gasteiger partial charge in [0.1, 0.15) is 11.9 Å². The van der Waals surface area contributed by atoms with Crippen molar-refractivity contribution in [1.82, 2.24) is 0 Å². The van der Waals surface area contributed by atoms with Crippen molar-refractivity contribution >= 4 is 39.1 Å². The van der Waals surface area contributed by atoms with Gasteiger partial charge in [0.05, 0.1) is 17.2 Å². The number of hydrogen-bond donors (Lipinski definition) is 1. The van der Waals surface area contributed by atoms with E-state index in [0.717, 1.165) is 15.6 Å². The Balaban J connectivity index is 2.47. The predicted octanol–water partition coefficient (Wildman–Crippen LogP) is 5.15. The van der Waals surface area contributed by atoms with Crippen LogP contribution in [0.15, 0.2) is 34.8 Å². The minimum absolute atomic E-state index is 0.413. The summed E-state index contributed by atoms with van der Waals surface area (Å²) in [5.41, 5.74) is 2.35. The van der Waals surface area contributed by atoms with Gasteiger partial charge in [0.15, 0.2) is 0 Å². The Morgan fingerprint density at radius 2 is 1.80 bits per heavy atom. The summed E-state index contributed by atoms with van der Waals surface area (Å²) >= 11 is 15.7. The maximum atomic E-state index is 10.5. The van der Waals surface area contributed by atoms with Gasteiger partial charge >= 0.3 is 0 Å². The zero-order chi connectivity index (χ0) is 14.9. The Hall–Kier alpha value is -0.740. The molecule has 0 amide bonds. The molecule has 0 bridgehead atoms. The van der Waals surface area contributed by atoms with Crippen LogP contribution in [-0.2, 0) is 0 Å². The molecule has 0 aliphatic heterocycles. The molecule has 2 aromatic rings. The first kappa shape index (κ1) is 15.6. The normalized spacial score (nSPS) is 12.3. The van der Waals surface area contributed by atoms with Crippen molar-refractivity contribution in [1.29, 1.82) is 0 Å². The second-order valence-corrected chi connectivity index (χ2v) is 6.20. The maximum absolute atomic E-state index is 10.5. The zero-order valence-electron chi connectivity index (χ0n) is 11.0. The topological polar surface area (TPSA) is 29.5 Å². The molecule has 1 N–H and O–H groups in total. The summed E-state index contributed by atoms with van der Waals surface area (Å²) in [5.74, 6) is 0.484. The SMILES string of the molecule is COc1cc(Cl)c(C(O)c2cc(C)cc(Br)c2)cc1Cl. The summed E-state index contributed by atoms with van der Waals surface area (Å²) < 4.78 is 6.00. The van der Waals surface area contributed by atoms with Crippen molar-refractivity contribution in [3.63, 3.8) is 0 Å². The average molecular weight is 376 g/mol. The van der Waals surface area contributed by atoms with E-state index in [-0.39, 0.29) is 0 Å². The minimum Gasteiger partial charge on any atom is -0.495 e. The van der Waals surface area contributed by atoms with Crippen molar-refractivity contribution in [3.8, 4) is 5.75 Å². The lowest BCUT2D eigenvalue weighted by Gasteiger charge is -2.16. The van der Waals surface area contributed by atoms with Gasteiger partial charge in [0, 0.05) is 16.1 Å². The van der Waals surface area contributed by atoms with Crippen LogP contribution in [0.25, 0.3) is 0 Å². The highest BCUT2D eigenvalue weighted by Crippen LogP contribution is 2.36. The van der Waals surface area contributed by atoms with Gasteiger partial charge in [-0.25, -0.2) is 0 Å². The van der Waals surface area contributed by atoms with Crippen LogP contribution in [0.2, 0.25) is 10.0 Å². The fourth-order valence-electron chi connectivity index (χ4n) is 2.01. The standard InChI is InChI=1S/C15H13BrCl2O2/c1-8-3-9(5-10(16)4-8)15(19)11-6-13(18)14(20-2)7-12(11)17/h3-7,15,19H,1-2H3. The summed E-state index contributed by atoms with van der Waals surface area (Å²) in [7, 11) is 1.52. The molecule has 2 nitrogen and oxygen atoms in total. The fraction of sp³-hybridized carbons (Fsp3) is 0.200. The maximum Gasteiger partial charge on any atom is 0.138 e. The molecule has 2 aromatic carbocycles. The van der Waals surface area contributed by atoms with Crippen LogP contribution >= 0.6 is 39.1 Å². The van der Waals surface area contributed by atoms with Gasteiger partial charge in [0.25, 0.3) is 0 Å². The molecule has 0 saturated heterocycles. The van der Waals surface area contributed by atoms with E-state index in [1.54, 1.807) is 12.1 Å². The van der Waals surface area contributed by atoms with Gasteiger partial charge in [-0.05, 0) is 36.2 Å². The summed E-state index contributed by atoms with van der Waals surface area (Å²) in [6.07, 6.45) is -0.845. The molecule has 0 fully saturated rings. The molecule has 0 heterocycles. The largest absolute Gasteiger partial charge is 0.495 e. The van der Waals surface area contributed by atoms with E-state index in [1.165, 1.54) is 7.11 Å². The van der Waals surface area contributed by atoms with Crippen molar-refractivity contribution < 1.29 is 9.84 Å². The predicted molar refractivity (Wildman–Crippen MR) is 86.0 cm³/mol. The number of aliphatic hydroxyl groups excluding tert-OH is 1. The van der Waals surface area contributed by atoms with E-state index in [9.17, 15) is 5.11 Å². The number of rotatable bonds is 3. The van der Waals surface area contributed by atoms with E-state index in [0.29, 0.717) is 21.4 Å². The van der Waals surface area contributed by atoms with Crippen LogP contribution in [0.1, 0.15) is 22.8 Å². The van der Waals surface area contributed by atoms with Gasteiger partial charge in [-0.3, -0.25) is 0 Å². The van der Waals surface area contributed by atoms with Crippen LogP contribution in [-0.4, -0.2) is 12.2 Å². The summed E-state index contributed by atoms with van der Waals surface area (Å²) in [5, 5.41) is 11.3. The Labute approximate surface area is 136 Å². The molecule has 0 aliphatic carbocycles. The highest BCUT2D eigenvalue weighted by atomic mass is 79.9. The molecular weight excluding hydrogens is 363 g/mol. The molecule has 2 rings (SSSR count). The second-order valence-electron chi connectivity index (χ2n) is 4.47. The van der Waals surface area contributed by atoms with Gasteiger partial charge in [-0.2, -0.15) is 0 Å². The monoisotopic (exact) mass is 374 g/mol. The van der Waals surface area contributed by atoms with Gasteiger partial charge in [-0.15, -0.1) is 0 Å². The molecule has 0 aromatic heterocycles. The fourth-order valence-corrected chi connectivity index (χ4v) is 3.14. The molecule has 0 radical (unpaired) electrons. The molecular formula is C15H13BrCl2O2. The number of hydrogen-bond acceptors (Lipinski definition) is 2. The Morgan fingerprint density at radius 3 is 2.40 bits per heavy atom.